The second-order valence-electron chi connectivity index (χ2n) is 4.13. The minimum absolute atomic E-state index is 0.187. The first kappa shape index (κ1) is 12.6. The molecule has 5 heteroatoms. The average Bonchev–Trinajstić information content (AvgIpc) is 2.79. The van der Waals surface area contributed by atoms with Gasteiger partial charge in [-0.05, 0) is 25.8 Å². The van der Waals surface area contributed by atoms with Crippen LogP contribution in [-0.2, 0) is 4.74 Å². The van der Waals surface area contributed by atoms with E-state index in [-0.39, 0.29) is 11.9 Å². The standard InChI is InChI=1S/C12H16ClFN2O/c1-2-16(8-10-4-3-5-17-10)12-11(14)6-9(13)7-15-12/h6-7,10H,2-5,8H2,1H3. The Morgan fingerprint density at radius 3 is 3.06 bits per heavy atom. The smallest absolute Gasteiger partial charge is 0.167 e. The van der Waals surface area contributed by atoms with Gasteiger partial charge in [0.15, 0.2) is 11.6 Å². The van der Waals surface area contributed by atoms with Crippen LogP contribution in [0.25, 0.3) is 0 Å². The molecule has 0 spiro atoms. The normalized spacial score (nSPS) is 19.6. The van der Waals surface area contributed by atoms with E-state index in [0.29, 0.717) is 23.9 Å². The molecule has 1 aromatic rings. The molecule has 3 nitrogen and oxygen atoms in total. The molecule has 2 rings (SSSR count). The number of ether oxygens (including phenoxy) is 1. The molecule has 1 unspecified atom stereocenters. The predicted octanol–water partition coefficient (Wildman–Crippen LogP) is 2.88. The molecular formula is C12H16ClFN2O. The average molecular weight is 259 g/mol. The topological polar surface area (TPSA) is 25.4 Å². The summed E-state index contributed by atoms with van der Waals surface area (Å²) in [6, 6.07) is 1.29. The van der Waals surface area contributed by atoms with Crippen molar-refractivity contribution in [3.05, 3.63) is 23.1 Å². The highest BCUT2D eigenvalue weighted by atomic mass is 35.5. The van der Waals surface area contributed by atoms with Crippen molar-refractivity contribution in [2.45, 2.75) is 25.9 Å². The molecule has 1 aromatic heterocycles. The van der Waals surface area contributed by atoms with Crippen LogP contribution in [-0.4, -0.2) is 30.8 Å². The predicted molar refractivity (Wildman–Crippen MR) is 66.1 cm³/mol. The number of anilines is 1. The molecule has 1 fully saturated rings. The second-order valence-corrected chi connectivity index (χ2v) is 4.57. The quantitative estimate of drug-likeness (QED) is 0.830. The van der Waals surface area contributed by atoms with Crippen LogP contribution in [0, 0.1) is 5.82 Å². The Labute approximate surface area is 106 Å². The first-order valence-corrected chi connectivity index (χ1v) is 6.26. The highest BCUT2D eigenvalue weighted by Crippen LogP contribution is 2.22. The van der Waals surface area contributed by atoms with Crippen molar-refractivity contribution in [2.75, 3.05) is 24.6 Å². The van der Waals surface area contributed by atoms with E-state index in [1.807, 2.05) is 11.8 Å². The summed E-state index contributed by atoms with van der Waals surface area (Å²) in [6.07, 6.45) is 3.77. The van der Waals surface area contributed by atoms with Crippen molar-refractivity contribution < 1.29 is 9.13 Å². The van der Waals surface area contributed by atoms with Gasteiger partial charge in [-0.15, -0.1) is 0 Å². The molecule has 1 saturated heterocycles. The SMILES string of the molecule is CCN(CC1CCCO1)c1ncc(Cl)cc1F. The summed E-state index contributed by atoms with van der Waals surface area (Å²) in [5, 5.41) is 0.319. The Morgan fingerprint density at radius 2 is 2.47 bits per heavy atom. The maximum atomic E-state index is 13.7. The molecule has 0 bridgehead atoms. The van der Waals surface area contributed by atoms with Crippen LogP contribution in [0.2, 0.25) is 5.02 Å². The van der Waals surface area contributed by atoms with Gasteiger partial charge in [0.25, 0.3) is 0 Å². The maximum Gasteiger partial charge on any atom is 0.167 e. The van der Waals surface area contributed by atoms with E-state index in [4.69, 9.17) is 16.3 Å². The van der Waals surface area contributed by atoms with E-state index < -0.39 is 0 Å². The van der Waals surface area contributed by atoms with Crippen molar-refractivity contribution in [1.29, 1.82) is 0 Å². The Morgan fingerprint density at radius 1 is 1.65 bits per heavy atom. The molecule has 1 aliphatic heterocycles. The van der Waals surface area contributed by atoms with Gasteiger partial charge in [-0.1, -0.05) is 11.6 Å². The fourth-order valence-corrected chi connectivity index (χ4v) is 2.18. The van der Waals surface area contributed by atoms with Gasteiger partial charge in [-0.25, -0.2) is 9.37 Å². The number of rotatable bonds is 4. The molecule has 0 amide bonds. The Hall–Kier alpha value is -0.870. The fraction of sp³-hybridized carbons (Fsp3) is 0.583. The van der Waals surface area contributed by atoms with Crippen LogP contribution < -0.4 is 4.90 Å². The van der Waals surface area contributed by atoms with Gasteiger partial charge in [0.05, 0.1) is 11.1 Å². The summed E-state index contributed by atoms with van der Waals surface area (Å²) in [5.74, 6) is -0.0234. The third-order valence-corrected chi connectivity index (χ3v) is 3.12. The fourth-order valence-electron chi connectivity index (χ4n) is 2.04. The van der Waals surface area contributed by atoms with Gasteiger partial charge in [0, 0.05) is 25.9 Å². The van der Waals surface area contributed by atoms with E-state index in [1.54, 1.807) is 0 Å². The lowest BCUT2D eigenvalue weighted by Gasteiger charge is -2.25. The van der Waals surface area contributed by atoms with Gasteiger partial charge in [0.1, 0.15) is 0 Å². The lowest BCUT2D eigenvalue weighted by molar-refractivity contribution is 0.115. The largest absolute Gasteiger partial charge is 0.376 e. The summed E-state index contributed by atoms with van der Waals surface area (Å²) < 4.78 is 19.3. The minimum Gasteiger partial charge on any atom is -0.376 e. The zero-order valence-electron chi connectivity index (χ0n) is 9.83. The molecule has 1 atom stereocenters. The molecule has 0 aromatic carbocycles. The van der Waals surface area contributed by atoms with Gasteiger partial charge < -0.3 is 9.64 Å². The molecule has 0 saturated carbocycles. The molecule has 2 heterocycles. The van der Waals surface area contributed by atoms with E-state index in [2.05, 4.69) is 4.98 Å². The van der Waals surface area contributed by atoms with Crippen molar-refractivity contribution in [3.8, 4) is 0 Å². The first-order chi connectivity index (χ1) is 8.20. The highest BCUT2D eigenvalue weighted by molar-refractivity contribution is 6.30. The van der Waals surface area contributed by atoms with E-state index in [9.17, 15) is 4.39 Å². The summed E-state index contributed by atoms with van der Waals surface area (Å²) in [6.45, 7) is 4.16. The van der Waals surface area contributed by atoms with Gasteiger partial charge in [-0.3, -0.25) is 0 Å². The van der Waals surface area contributed by atoms with Crippen LogP contribution in [0.5, 0.6) is 0 Å². The van der Waals surface area contributed by atoms with E-state index in [1.165, 1.54) is 12.3 Å². The number of aromatic nitrogens is 1. The maximum absolute atomic E-state index is 13.7. The van der Waals surface area contributed by atoms with Gasteiger partial charge in [0.2, 0.25) is 0 Å². The van der Waals surface area contributed by atoms with Crippen molar-refractivity contribution in [2.24, 2.45) is 0 Å². The van der Waals surface area contributed by atoms with Gasteiger partial charge in [-0.2, -0.15) is 0 Å². The Kier molecular flexibility index (Phi) is 4.18. The monoisotopic (exact) mass is 258 g/mol. The van der Waals surface area contributed by atoms with Crippen molar-refractivity contribution >= 4 is 17.4 Å². The van der Waals surface area contributed by atoms with Crippen molar-refractivity contribution in [3.63, 3.8) is 0 Å². The van der Waals surface area contributed by atoms with Crippen LogP contribution >= 0.6 is 11.6 Å². The Balaban J connectivity index is 2.10. The highest BCUT2D eigenvalue weighted by Gasteiger charge is 2.21. The number of hydrogen-bond donors (Lipinski definition) is 0. The summed E-state index contributed by atoms with van der Waals surface area (Å²) in [7, 11) is 0. The second kappa shape index (κ2) is 5.65. The van der Waals surface area contributed by atoms with Crippen LogP contribution in [0.1, 0.15) is 19.8 Å². The molecule has 0 aliphatic carbocycles. The third-order valence-electron chi connectivity index (χ3n) is 2.92. The van der Waals surface area contributed by atoms with E-state index in [0.717, 1.165) is 19.4 Å². The van der Waals surface area contributed by atoms with E-state index >= 15 is 0 Å². The number of nitrogens with zero attached hydrogens (tertiary/aromatic N) is 2. The Bertz CT molecular complexity index is 383. The number of pyridine rings is 1. The molecular weight excluding hydrogens is 243 g/mol. The van der Waals surface area contributed by atoms with Crippen molar-refractivity contribution in [1.82, 2.24) is 4.98 Å². The molecule has 0 radical (unpaired) electrons. The van der Waals surface area contributed by atoms with Crippen LogP contribution in [0.3, 0.4) is 0 Å². The minimum atomic E-state index is -0.377. The first-order valence-electron chi connectivity index (χ1n) is 5.88. The van der Waals surface area contributed by atoms with Crippen LogP contribution in [0.4, 0.5) is 10.2 Å². The molecule has 94 valence electrons. The third kappa shape index (κ3) is 3.07. The molecule has 17 heavy (non-hydrogen) atoms. The molecule has 0 N–H and O–H groups in total. The lowest BCUT2D eigenvalue weighted by Crippen LogP contribution is -2.33. The zero-order chi connectivity index (χ0) is 12.3. The summed E-state index contributed by atoms with van der Waals surface area (Å²) >= 11 is 5.69. The zero-order valence-corrected chi connectivity index (χ0v) is 10.6. The van der Waals surface area contributed by atoms with Gasteiger partial charge >= 0.3 is 0 Å². The lowest BCUT2D eigenvalue weighted by atomic mass is 10.2. The summed E-state index contributed by atoms with van der Waals surface area (Å²) in [4.78, 5) is 5.94. The summed E-state index contributed by atoms with van der Waals surface area (Å²) in [5.41, 5.74) is 0. The molecule has 1 aliphatic rings. The number of hydrogen-bond acceptors (Lipinski definition) is 3. The van der Waals surface area contributed by atoms with Crippen LogP contribution in [0.15, 0.2) is 12.3 Å². The number of likely N-dealkylation sites (N-methyl/N-ethyl adjacent to an activating group) is 1. The number of halogens is 2.